The second-order valence-electron chi connectivity index (χ2n) is 4.54. The molecule has 0 aliphatic heterocycles. The summed E-state index contributed by atoms with van der Waals surface area (Å²) in [5, 5.41) is 0. The van der Waals surface area contributed by atoms with Crippen molar-refractivity contribution in [2.75, 3.05) is 6.61 Å². The third kappa shape index (κ3) is 4.10. The van der Waals surface area contributed by atoms with Crippen molar-refractivity contribution in [3.63, 3.8) is 0 Å². The van der Waals surface area contributed by atoms with E-state index in [0.29, 0.717) is 12.1 Å². The van der Waals surface area contributed by atoms with Gasteiger partial charge in [0.1, 0.15) is 0 Å². The lowest BCUT2D eigenvalue weighted by molar-refractivity contribution is 0.0102. The van der Waals surface area contributed by atoms with Gasteiger partial charge in [0, 0.05) is 12.6 Å². The molecule has 0 aromatic rings. The van der Waals surface area contributed by atoms with Gasteiger partial charge in [-0.1, -0.05) is 26.7 Å². The molecule has 0 unspecified atom stereocenters. The highest BCUT2D eigenvalue weighted by molar-refractivity contribution is 4.78. The van der Waals surface area contributed by atoms with Crippen molar-refractivity contribution >= 4 is 0 Å². The second-order valence-corrected chi connectivity index (χ2v) is 4.54. The van der Waals surface area contributed by atoms with E-state index in [1.807, 2.05) is 0 Å². The maximum absolute atomic E-state index is 5.97. The molecule has 1 saturated carbocycles. The third-order valence-corrected chi connectivity index (χ3v) is 2.78. The van der Waals surface area contributed by atoms with Gasteiger partial charge in [-0.25, -0.2) is 0 Å². The minimum atomic E-state index is 0.293. The monoisotopic (exact) mass is 185 g/mol. The molecule has 1 fully saturated rings. The van der Waals surface area contributed by atoms with E-state index in [2.05, 4.69) is 13.8 Å². The summed E-state index contributed by atoms with van der Waals surface area (Å²) in [6, 6.07) is 0.293. The zero-order valence-electron chi connectivity index (χ0n) is 8.96. The Morgan fingerprint density at radius 3 is 2.62 bits per heavy atom. The van der Waals surface area contributed by atoms with Crippen LogP contribution in [0.2, 0.25) is 0 Å². The fourth-order valence-corrected chi connectivity index (χ4v) is 1.79. The van der Waals surface area contributed by atoms with E-state index in [9.17, 15) is 0 Å². The van der Waals surface area contributed by atoms with E-state index >= 15 is 0 Å². The number of hydrogen-bond acceptors (Lipinski definition) is 2. The summed E-state index contributed by atoms with van der Waals surface area (Å²) in [6.45, 7) is 5.34. The lowest BCUT2D eigenvalue weighted by Crippen LogP contribution is -2.39. The molecule has 0 aromatic heterocycles. The van der Waals surface area contributed by atoms with Gasteiger partial charge in [-0.05, 0) is 25.2 Å². The van der Waals surface area contributed by atoms with Crippen LogP contribution in [-0.4, -0.2) is 18.8 Å². The first kappa shape index (κ1) is 11.0. The van der Waals surface area contributed by atoms with Crippen LogP contribution in [0.25, 0.3) is 0 Å². The zero-order valence-corrected chi connectivity index (χ0v) is 8.96. The normalized spacial score (nSPS) is 29.5. The molecule has 2 N–H and O–H groups in total. The van der Waals surface area contributed by atoms with Gasteiger partial charge in [0.2, 0.25) is 0 Å². The summed E-state index contributed by atoms with van der Waals surface area (Å²) in [5.74, 6) is 0.736. The average Bonchev–Trinajstić information content (AvgIpc) is 2.08. The Hall–Kier alpha value is -0.0800. The lowest BCUT2D eigenvalue weighted by Gasteiger charge is -2.28. The van der Waals surface area contributed by atoms with Crippen molar-refractivity contribution in [1.29, 1.82) is 0 Å². The molecular formula is C11H23NO. The summed E-state index contributed by atoms with van der Waals surface area (Å²) < 4.78 is 5.78. The Balaban J connectivity index is 2.11. The minimum Gasteiger partial charge on any atom is -0.377 e. The molecule has 0 saturated heterocycles. The van der Waals surface area contributed by atoms with Crippen molar-refractivity contribution < 1.29 is 4.74 Å². The van der Waals surface area contributed by atoms with Gasteiger partial charge in [0.25, 0.3) is 0 Å². The highest BCUT2D eigenvalue weighted by Gasteiger charge is 2.21. The summed E-state index contributed by atoms with van der Waals surface area (Å²) in [7, 11) is 0. The van der Waals surface area contributed by atoms with E-state index in [-0.39, 0.29) is 0 Å². The molecule has 78 valence electrons. The van der Waals surface area contributed by atoms with Crippen molar-refractivity contribution in [2.45, 2.75) is 58.1 Å². The second kappa shape index (κ2) is 5.61. The average molecular weight is 185 g/mol. The van der Waals surface area contributed by atoms with Gasteiger partial charge in [-0.2, -0.15) is 0 Å². The van der Waals surface area contributed by atoms with Gasteiger partial charge in [0.05, 0.1) is 6.10 Å². The quantitative estimate of drug-likeness (QED) is 0.729. The van der Waals surface area contributed by atoms with Gasteiger partial charge < -0.3 is 10.5 Å². The molecule has 2 heteroatoms. The number of ether oxygens (including phenoxy) is 1. The van der Waals surface area contributed by atoms with E-state index in [1.165, 1.54) is 19.3 Å². The van der Waals surface area contributed by atoms with Crippen molar-refractivity contribution in [2.24, 2.45) is 11.7 Å². The zero-order chi connectivity index (χ0) is 9.68. The van der Waals surface area contributed by atoms with Crippen LogP contribution < -0.4 is 5.73 Å². The molecule has 0 heterocycles. The molecular weight excluding hydrogens is 162 g/mol. The van der Waals surface area contributed by atoms with Gasteiger partial charge in [-0.3, -0.25) is 0 Å². The molecule has 2 atom stereocenters. The van der Waals surface area contributed by atoms with Crippen LogP contribution in [0, 0.1) is 5.92 Å². The predicted molar refractivity (Wildman–Crippen MR) is 55.6 cm³/mol. The Morgan fingerprint density at radius 1 is 1.31 bits per heavy atom. The molecule has 0 aromatic carbocycles. The Bertz CT molecular complexity index is 136. The van der Waals surface area contributed by atoms with Crippen LogP contribution in [-0.2, 0) is 4.74 Å². The number of nitrogens with two attached hydrogens (primary N) is 1. The third-order valence-electron chi connectivity index (χ3n) is 2.78. The Labute approximate surface area is 81.8 Å². The van der Waals surface area contributed by atoms with Crippen molar-refractivity contribution in [1.82, 2.24) is 0 Å². The first-order valence-corrected chi connectivity index (χ1v) is 5.57. The standard InChI is InChI=1S/C11H23NO/c1-9(2)7-8-13-11-6-4-3-5-10(11)12/h9-11H,3-8,12H2,1-2H3/t10-,11+/m0/s1. The van der Waals surface area contributed by atoms with E-state index in [1.54, 1.807) is 0 Å². The SMILES string of the molecule is CC(C)CCO[C@@H]1CCCC[C@@H]1N. The molecule has 1 aliphatic rings. The predicted octanol–water partition coefficient (Wildman–Crippen LogP) is 2.32. The van der Waals surface area contributed by atoms with Gasteiger partial charge in [0.15, 0.2) is 0 Å². The van der Waals surface area contributed by atoms with Crippen molar-refractivity contribution in [3.8, 4) is 0 Å². The smallest absolute Gasteiger partial charge is 0.0725 e. The van der Waals surface area contributed by atoms with Crippen LogP contribution in [0.3, 0.4) is 0 Å². The van der Waals surface area contributed by atoms with Crippen LogP contribution in [0.4, 0.5) is 0 Å². The molecule has 0 amide bonds. The van der Waals surface area contributed by atoms with Crippen LogP contribution >= 0.6 is 0 Å². The molecule has 0 radical (unpaired) electrons. The fraction of sp³-hybridized carbons (Fsp3) is 1.00. The topological polar surface area (TPSA) is 35.2 Å². The Kier molecular flexibility index (Phi) is 4.74. The maximum Gasteiger partial charge on any atom is 0.0725 e. The number of hydrogen-bond donors (Lipinski definition) is 1. The highest BCUT2D eigenvalue weighted by Crippen LogP contribution is 2.20. The number of rotatable bonds is 4. The molecule has 0 spiro atoms. The molecule has 0 bridgehead atoms. The molecule has 2 nitrogen and oxygen atoms in total. The van der Waals surface area contributed by atoms with E-state index in [4.69, 9.17) is 10.5 Å². The van der Waals surface area contributed by atoms with Gasteiger partial charge in [-0.15, -0.1) is 0 Å². The lowest BCUT2D eigenvalue weighted by atomic mass is 9.93. The van der Waals surface area contributed by atoms with Crippen LogP contribution in [0.5, 0.6) is 0 Å². The largest absolute Gasteiger partial charge is 0.377 e. The fourth-order valence-electron chi connectivity index (χ4n) is 1.79. The summed E-state index contributed by atoms with van der Waals surface area (Å²) in [5.41, 5.74) is 5.97. The van der Waals surface area contributed by atoms with E-state index in [0.717, 1.165) is 25.4 Å². The molecule has 13 heavy (non-hydrogen) atoms. The first-order chi connectivity index (χ1) is 6.20. The summed E-state index contributed by atoms with van der Waals surface area (Å²) in [6.07, 6.45) is 6.38. The minimum absolute atomic E-state index is 0.293. The summed E-state index contributed by atoms with van der Waals surface area (Å²) in [4.78, 5) is 0. The van der Waals surface area contributed by atoms with Crippen LogP contribution in [0.1, 0.15) is 46.0 Å². The van der Waals surface area contributed by atoms with Crippen LogP contribution in [0.15, 0.2) is 0 Å². The molecule has 1 aliphatic carbocycles. The van der Waals surface area contributed by atoms with E-state index < -0.39 is 0 Å². The summed E-state index contributed by atoms with van der Waals surface area (Å²) >= 11 is 0. The maximum atomic E-state index is 5.97. The highest BCUT2D eigenvalue weighted by atomic mass is 16.5. The van der Waals surface area contributed by atoms with Gasteiger partial charge >= 0.3 is 0 Å². The first-order valence-electron chi connectivity index (χ1n) is 5.57. The molecule has 1 rings (SSSR count). The Morgan fingerprint density at radius 2 is 2.00 bits per heavy atom. The van der Waals surface area contributed by atoms with Crippen molar-refractivity contribution in [3.05, 3.63) is 0 Å².